The first-order chi connectivity index (χ1) is 12.8. The maximum Gasteiger partial charge on any atom is 0.280 e. The molecule has 0 spiro atoms. The van der Waals surface area contributed by atoms with Crippen LogP contribution in [-0.4, -0.2) is 42.2 Å². The zero-order valence-electron chi connectivity index (χ0n) is 14.0. The van der Waals surface area contributed by atoms with Crippen LogP contribution in [-0.2, 0) is 9.84 Å². The van der Waals surface area contributed by atoms with Crippen molar-refractivity contribution in [1.29, 1.82) is 0 Å². The molecule has 142 valence electrons. The van der Waals surface area contributed by atoms with Crippen molar-refractivity contribution in [1.82, 2.24) is 10.7 Å². The SMILES string of the molecule is O=[N+]([O-])c1ccccc1-c1ccc(/C=N\NC(=S)N[C@H]2CCS(=O)(=O)C2)o1. The molecule has 2 aromatic rings. The van der Waals surface area contributed by atoms with Gasteiger partial charge in [0.05, 0.1) is 28.2 Å². The van der Waals surface area contributed by atoms with E-state index < -0.39 is 14.8 Å². The van der Waals surface area contributed by atoms with Gasteiger partial charge in [0.2, 0.25) is 0 Å². The molecule has 2 heterocycles. The van der Waals surface area contributed by atoms with Crippen LogP contribution in [0.3, 0.4) is 0 Å². The largest absolute Gasteiger partial charge is 0.455 e. The molecule has 0 radical (unpaired) electrons. The third-order valence-corrected chi connectivity index (χ3v) is 5.90. The van der Waals surface area contributed by atoms with Crippen LogP contribution in [0.25, 0.3) is 11.3 Å². The first-order valence-corrected chi connectivity index (χ1v) is 10.2. The Hall–Kier alpha value is -2.79. The molecule has 3 rings (SSSR count). The minimum Gasteiger partial charge on any atom is -0.455 e. The second-order valence-corrected chi connectivity index (χ2v) is 8.56. The third kappa shape index (κ3) is 4.89. The third-order valence-electron chi connectivity index (χ3n) is 3.92. The van der Waals surface area contributed by atoms with E-state index in [9.17, 15) is 18.5 Å². The average molecular weight is 408 g/mol. The van der Waals surface area contributed by atoms with Crippen LogP contribution in [0.5, 0.6) is 0 Å². The number of para-hydroxylation sites is 1. The summed E-state index contributed by atoms with van der Waals surface area (Å²) in [6, 6.07) is 9.29. The van der Waals surface area contributed by atoms with E-state index in [1.807, 2.05) is 0 Å². The van der Waals surface area contributed by atoms with Gasteiger partial charge in [-0.05, 0) is 36.8 Å². The fourth-order valence-corrected chi connectivity index (χ4v) is 4.58. The van der Waals surface area contributed by atoms with Crippen molar-refractivity contribution in [3.05, 3.63) is 52.3 Å². The monoisotopic (exact) mass is 408 g/mol. The maximum atomic E-state index is 11.4. The Kier molecular flexibility index (Phi) is 5.51. The first-order valence-electron chi connectivity index (χ1n) is 7.98. The van der Waals surface area contributed by atoms with Gasteiger partial charge < -0.3 is 9.73 Å². The predicted molar refractivity (Wildman–Crippen MR) is 104 cm³/mol. The smallest absolute Gasteiger partial charge is 0.280 e. The highest BCUT2D eigenvalue weighted by atomic mass is 32.2. The van der Waals surface area contributed by atoms with Gasteiger partial charge in [0.1, 0.15) is 11.5 Å². The van der Waals surface area contributed by atoms with Gasteiger partial charge in [0, 0.05) is 12.1 Å². The second kappa shape index (κ2) is 7.84. The van der Waals surface area contributed by atoms with Gasteiger partial charge in [-0.15, -0.1) is 0 Å². The summed E-state index contributed by atoms with van der Waals surface area (Å²) in [5.74, 6) is 0.926. The molecule has 1 atom stereocenters. The number of hydrazone groups is 1. The Labute approximate surface area is 160 Å². The Balaban J connectivity index is 1.60. The number of rotatable bonds is 5. The molecule has 27 heavy (non-hydrogen) atoms. The van der Waals surface area contributed by atoms with Gasteiger partial charge in [-0.1, -0.05) is 12.1 Å². The lowest BCUT2D eigenvalue weighted by Crippen LogP contribution is -2.40. The average Bonchev–Trinajstić information content (AvgIpc) is 3.21. The summed E-state index contributed by atoms with van der Waals surface area (Å²) in [6.45, 7) is 0. The Morgan fingerprint density at radius 1 is 1.33 bits per heavy atom. The maximum absolute atomic E-state index is 11.4. The van der Waals surface area contributed by atoms with Crippen molar-refractivity contribution >= 4 is 39.1 Å². The second-order valence-electron chi connectivity index (χ2n) is 5.92. The highest BCUT2D eigenvalue weighted by Crippen LogP contribution is 2.30. The van der Waals surface area contributed by atoms with E-state index in [-0.39, 0.29) is 28.3 Å². The van der Waals surface area contributed by atoms with Crippen LogP contribution >= 0.6 is 12.2 Å². The van der Waals surface area contributed by atoms with Crippen molar-refractivity contribution in [2.24, 2.45) is 5.10 Å². The van der Waals surface area contributed by atoms with Crippen LogP contribution in [0.4, 0.5) is 5.69 Å². The first kappa shape index (κ1) is 19.0. The summed E-state index contributed by atoms with van der Waals surface area (Å²) < 4.78 is 28.4. The topological polar surface area (TPSA) is 127 Å². The molecule has 11 heteroatoms. The molecule has 0 saturated carbocycles. The zero-order valence-corrected chi connectivity index (χ0v) is 15.6. The number of furan rings is 1. The van der Waals surface area contributed by atoms with Crippen LogP contribution in [0.2, 0.25) is 0 Å². The quantitative estimate of drug-likeness (QED) is 0.332. The lowest BCUT2D eigenvalue weighted by molar-refractivity contribution is -0.384. The number of hydrogen-bond acceptors (Lipinski definition) is 7. The normalized spacial score (nSPS) is 18.4. The van der Waals surface area contributed by atoms with Gasteiger partial charge in [0.25, 0.3) is 5.69 Å². The molecule has 1 aliphatic heterocycles. The van der Waals surface area contributed by atoms with E-state index in [0.29, 0.717) is 23.5 Å². The fourth-order valence-electron chi connectivity index (χ4n) is 2.69. The molecule has 1 saturated heterocycles. The zero-order chi connectivity index (χ0) is 19.4. The molecule has 1 fully saturated rings. The summed E-state index contributed by atoms with van der Waals surface area (Å²) in [5.41, 5.74) is 2.91. The highest BCUT2D eigenvalue weighted by Gasteiger charge is 2.28. The fraction of sp³-hybridized carbons (Fsp3) is 0.250. The lowest BCUT2D eigenvalue weighted by Gasteiger charge is -2.11. The minimum absolute atomic E-state index is 0.0506. The van der Waals surface area contributed by atoms with E-state index in [2.05, 4.69) is 15.8 Å². The minimum atomic E-state index is -2.99. The van der Waals surface area contributed by atoms with Crippen molar-refractivity contribution in [2.45, 2.75) is 12.5 Å². The van der Waals surface area contributed by atoms with E-state index >= 15 is 0 Å². The molecule has 1 aromatic carbocycles. The van der Waals surface area contributed by atoms with Crippen molar-refractivity contribution in [3.8, 4) is 11.3 Å². The van der Waals surface area contributed by atoms with Gasteiger partial charge in [-0.2, -0.15) is 5.10 Å². The molecular formula is C16H16N4O5S2. The van der Waals surface area contributed by atoms with Gasteiger partial charge in [0.15, 0.2) is 14.9 Å². The summed E-state index contributed by atoms with van der Waals surface area (Å²) in [5, 5.41) is 18.1. The van der Waals surface area contributed by atoms with Gasteiger partial charge in [-0.25, -0.2) is 8.42 Å². The van der Waals surface area contributed by atoms with E-state index in [1.165, 1.54) is 12.3 Å². The lowest BCUT2D eigenvalue weighted by atomic mass is 10.1. The summed E-state index contributed by atoms with van der Waals surface area (Å²) >= 11 is 5.07. The van der Waals surface area contributed by atoms with Gasteiger partial charge in [-0.3, -0.25) is 15.5 Å². The molecule has 0 unspecified atom stereocenters. The number of thiocarbonyl (C=S) groups is 1. The summed E-state index contributed by atoms with van der Waals surface area (Å²) in [4.78, 5) is 10.6. The van der Waals surface area contributed by atoms with E-state index in [4.69, 9.17) is 16.6 Å². The van der Waals surface area contributed by atoms with Crippen LogP contribution in [0.1, 0.15) is 12.2 Å². The van der Waals surface area contributed by atoms with Crippen molar-refractivity contribution < 1.29 is 17.8 Å². The summed E-state index contributed by atoms with van der Waals surface area (Å²) in [7, 11) is -2.99. The van der Waals surface area contributed by atoms with E-state index in [1.54, 1.807) is 30.3 Å². The number of sulfone groups is 1. The molecule has 0 amide bonds. The molecule has 1 aliphatic rings. The summed E-state index contributed by atoms with van der Waals surface area (Å²) in [6.07, 6.45) is 1.88. The molecule has 0 aliphatic carbocycles. The van der Waals surface area contributed by atoms with Gasteiger partial charge >= 0.3 is 0 Å². The molecule has 0 bridgehead atoms. The Morgan fingerprint density at radius 2 is 2.11 bits per heavy atom. The van der Waals surface area contributed by atoms with Crippen molar-refractivity contribution in [3.63, 3.8) is 0 Å². The molecule has 9 nitrogen and oxygen atoms in total. The number of nitrogens with zero attached hydrogens (tertiary/aromatic N) is 2. The number of nitro benzene ring substituents is 1. The Bertz CT molecular complexity index is 1000. The predicted octanol–water partition coefficient (Wildman–Crippen LogP) is 1.84. The highest BCUT2D eigenvalue weighted by molar-refractivity contribution is 7.91. The molecule has 2 N–H and O–H groups in total. The standard InChI is InChI=1S/C16H16N4O5S2/c21-20(22)14-4-2-1-3-13(14)15-6-5-12(25-15)9-17-19-16(26)18-11-7-8-27(23,24)10-11/h1-6,9,11H,7-8,10H2,(H2,18,19,26)/b17-9-/t11-/m0/s1. The molecular weight excluding hydrogens is 392 g/mol. The number of hydrogen-bond donors (Lipinski definition) is 2. The van der Waals surface area contributed by atoms with Crippen LogP contribution < -0.4 is 10.7 Å². The Morgan fingerprint density at radius 3 is 2.81 bits per heavy atom. The van der Waals surface area contributed by atoms with E-state index in [0.717, 1.165) is 0 Å². The van der Waals surface area contributed by atoms with Crippen LogP contribution in [0, 0.1) is 10.1 Å². The molecule has 1 aromatic heterocycles. The number of nitro groups is 1. The van der Waals surface area contributed by atoms with Crippen molar-refractivity contribution in [2.75, 3.05) is 11.5 Å². The number of benzene rings is 1. The van der Waals surface area contributed by atoms with Crippen LogP contribution in [0.15, 0.2) is 45.9 Å². The number of nitrogens with one attached hydrogen (secondary N) is 2.